The molecule has 7 heteroatoms. The van der Waals surface area contributed by atoms with Gasteiger partial charge in [-0.3, -0.25) is 0 Å². The van der Waals surface area contributed by atoms with Crippen LogP contribution in [-0.2, 0) is 19.6 Å². The highest BCUT2D eigenvalue weighted by Gasteiger charge is 2.21. The van der Waals surface area contributed by atoms with E-state index in [1.807, 2.05) is 30.3 Å². The summed E-state index contributed by atoms with van der Waals surface area (Å²) in [5.74, 6) is -0.458. The summed E-state index contributed by atoms with van der Waals surface area (Å²) in [7, 11) is -3.75. The second-order valence-corrected chi connectivity index (χ2v) is 7.65. The van der Waals surface area contributed by atoms with Crippen LogP contribution in [0, 0.1) is 0 Å². The number of ether oxygens (including phenoxy) is 1. The highest BCUT2D eigenvalue weighted by atomic mass is 35.5. The number of carbonyl (C=O) groups excluding carboxylic acids is 1. The SMILES string of the molecule is C/C=C/C(=O)OCC[C@@H](NS(=O)(=O)c1ccc(Cl)cc1)c1ccccc1. The van der Waals surface area contributed by atoms with Crippen molar-refractivity contribution in [1.29, 1.82) is 0 Å². The van der Waals surface area contributed by atoms with Crippen LogP contribution in [-0.4, -0.2) is 21.0 Å². The maximum Gasteiger partial charge on any atom is 0.330 e. The van der Waals surface area contributed by atoms with E-state index in [0.29, 0.717) is 11.4 Å². The van der Waals surface area contributed by atoms with Gasteiger partial charge in [0.2, 0.25) is 10.0 Å². The van der Waals surface area contributed by atoms with Gasteiger partial charge in [0.1, 0.15) is 0 Å². The predicted octanol–water partition coefficient (Wildman–Crippen LogP) is 3.87. The zero-order valence-corrected chi connectivity index (χ0v) is 15.8. The fraction of sp³-hybridized carbons (Fsp3) is 0.211. The first-order valence-corrected chi connectivity index (χ1v) is 9.91. The lowest BCUT2D eigenvalue weighted by molar-refractivity contribution is -0.137. The number of hydrogen-bond donors (Lipinski definition) is 1. The third-order valence-electron chi connectivity index (χ3n) is 3.58. The molecule has 2 aromatic carbocycles. The van der Waals surface area contributed by atoms with Crippen molar-refractivity contribution >= 4 is 27.6 Å². The summed E-state index contributed by atoms with van der Waals surface area (Å²) < 4.78 is 33.1. The molecule has 0 aliphatic heterocycles. The summed E-state index contributed by atoms with van der Waals surface area (Å²) in [6.45, 7) is 1.81. The highest BCUT2D eigenvalue weighted by Crippen LogP contribution is 2.21. The van der Waals surface area contributed by atoms with Crippen LogP contribution >= 0.6 is 11.6 Å². The van der Waals surface area contributed by atoms with Gasteiger partial charge in [-0.2, -0.15) is 0 Å². The van der Waals surface area contributed by atoms with E-state index in [-0.39, 0.29) is 11.5 Å². The van der Waals surface area contributed by atoms with Crippen molar-refractivity contribution in [3.63, 3.8) is 0 Å². The number of esters is 1. The Hall–Kier alpha value is -2.15. The molecule has 0 aromatic heterocycles. The number of halogens is 1. The molecule has 26 heavy (non-hydrogen) atoms. The second-order valence-electron chi connectivity index (χ2n) is 5.49. The molecule has 0 aliphatic carbocycles. The minimum atomic E-state index is -3.75. The van der Waals surface area contributed by atoms with Crippen LogP contribution in [0.1, 0.15) is 24.9 Å². The topological polar surface area (TPSA) is 72.5 Å². The molecule has 0 aliphatic rings. The van der Waals surface area contributed by atoms with E-state index in [1.54, 1.807) is 13.0 Å². The van der Waals surface area contributed by atoms with Crippen molar-refractivity contribution in [3.05, 3.63) is 77.3 Å². The van der Waals surface area contributed by atoms with Crippen molar-refractivity contribution in [2.75, 3.05) is 6.61 Å². The molecule has 0 saturated heterocycles. The molecule has 2 aromatic rings. The first-order chi connectivity index (χ1) is 12.4. The molecule has 0 saturated carbocycles. The smallest absolute Gasteiger partial charge is 0.330 e. The molecule has 2 rings (SSSR count). The Morgan fingerprint density at radius 1 is 1.15 bits per heavy atom. The maximum atomic E-state index is 12.7. The van der Waals surface area contributed by atoms with Crippen molar-refractivity contribution in [2.24, 2.45) is 0 Å². The quantitative estimate of drug-likeness (QED) is 0.545. The molecular weight excluding hydrogens is 374 g/mol. The summed E-state index contributed by atoms with van der Waals surface area (Å²) in [5, 5.41) is 0.458. The van der Waals surface area contributed by atoms with Gasteiger partial charge in [-0.1, -0.05) is 48.0 Å². The highest BCUT2D eigenvalue weighted by molar-refractivity contribution is 7.89. The van der Waals surface area contributed by atoms with Crippen LogP contribution in [0.4, 0.5) is 0 Å². The van der Waals surface area contributed by atoms with Gasteiger partial charge in [0, 0.05) is 17.5 Å². The van der Waals surface area contributed by atoms with E-state index in [4.69, 9.17) is 16.3 Å². The van der Waals surface area contributed by atoms with Crippen LogP contribution in [0.15, 0.2) is 71.6 Å². The fourth-order valence-corrected chi connectivity index (χ4v) is 3.69. The maximum absolute atomic E-state index is 12.7. The zero-order chi connectivity index (χ0) is 19.0. The largest absolute Gasteiger partial charge is 0.462 e. The third kappa shape index (κ3) is 5.98. The molecule has 0 radical (unpaired) electrons. The second kappa shape index (κ2) is 9.52. The van der Waals surface area contributed by atoms with Gasteiger partial charge in [0.25, 0.3) is 0 Å². The van der Waals surface area contributed by atoms with Gasteiger partial charge in [-0.15, -0.1) is 0 Å². The lowest BCUT2D eigenvalue weighted by atomic mass is 10.1. The van der Waals surface area contributed by atoms with E-state index in [9.17, 15) is 13.2 Å². The molecule has 0 amide bonds. The van der Waals surface area contributed by atoms with Gasteiger partial charge in [0.05, 0.1) is 17.5 Å². The molecule has 0 unspecified atom stereocenters. The Bertz CT molecular complexity index is 849. The third-order valence-corrected chi connectivity index (χ3v) is 5.32. The summed E-state index contributed by atoms with van der Waals surface area (Å²) in [4.78, 5) is 11.6. The van der Waals surface area contributed by atoms with Gasteiger partial charge in [-0.25, -0.2) is 17.9 Å². The van der Waals surface area contributed by atoms with E-state index in [2.05, 4.69) is 4.72 Å². The number of benzene rings is 2. The Morgan fingerprint density at radius 2 is 1.81 bits per heavy atom. The van der Waals surface area contributed by atoms with E-state index >= 15 is 0 Å². The van der Waals surface area contributed by atoms with E-state index in [1.165, 1.54) is 30.3 Å². The molecule has 138 valence electrons. The van der Waals surface area contributed by atoms with Crippen molar-refractivity contribution in [2.45, 2.75) is 24.3 Å². The van der Waals surface area contributed by atoms with Crippen molar-refractivity contribution in [1.82, 2.24) is 4.72 Å². The molecule has 1 atom stereocenters. The average Bonchev–Trinajstić information content (AvgIpc) is 2.62. The minimum Gasteiger partial charge on any atom is -0.462 e. The van der Waals surface area contributed by atoms with E-state index in [0.717, 1.165) is 5.56 Å². The Morgan fingerprint density at radius 3 is 2.42 bits per heavy atom. The van der Waals surface area contributed by atoms with Gasteiger partial charge in [0.15, 0.2) is 0 Å². The monoisotopic (exact) mass is 393 g/mol. The minimum absolute atomic E-state index is 0.0892. The van der Waals surface area contributed by atoms with Gasteiger partial charge < -0.3 is 4.74 Å². The molecule has 0 bridgehead atoms. The Labute approximate surface area is 158 Å². The van der Waals surface area contributed by atoms with Gasteiger partial charge in [-0.05, 0) is 36.8 Å². The molecule has 0 fully saturated rings. The van der Waals surface area contributed by atoms with Crippen LogP contribution in [0.3, 0.4) is 0 Å². The summed E-state index contributed by atoms with van der Waals surface area (Å²) >= 11 is 5.82. The molecular formula is C19H20ClNO4S. The zero-order valence-electron chi connectivity index (χ0n) is 14.3. The van der Waals surface area contributed by atoms with Crippen molar-refractivity contribution < 1.29 is 17.9 Å². The lowest BCUT2D eigenvalue weighted by Crippen LogP contribution is -2.29. The van der Waals surface area contributed by atoms with Crippen LogP contribution in [0.2, 0.25) is 5.02 Å². The first-order valence-electron chi connectivity index (χ1n) is 8.04. The molecule has 1 N–H and O–H groups in total. The van der Waals surface area contributed by atoms with Gasteiger partial charge >= 0.3 is 5.97 Å². The fourth-order valence-electron chi connectivity index (χ4n) is 2.31. The first kappa shape index (κ1) is 20.2. The molecule has 0 heterocycles. The number of nitrogens with one attached hydrogen (secondary N) is 1. The summed E-state index contributed by atoms with van der Waals surface area (Å²) in [6, 6.07) is 14.5. The number of rotatable bonds is 8. The summed E-state index contributed by atoms with van der Waals surface area (Å²) in [5.41, 5.74) is 0.784. The number of carbonyl (C=O) groups is 1. The standard InChI is InChI=1S/C19H20ClNO4S/c1-2-6-19(22)25-14-13-18(15-7-4-3-5-8-15)21-26(23,24)17-11-9-16(20)10-12-17/h2-12,18,21H,13-14H2,1H3/b6-2+/t18-/m1/s1. The summed E-state index contributed by atoms with van der Waals surface area (Å²) in [6.07, 6.45) is 3.20. The van der Waals surface area contributed by atoms with E-state index < -0.39 is 22.0 Å². The number of sulfonamides is 1. The van der Waals surface area contributed by atoms with Crippen molar-refractivity contribution in [3.8, 4) is 0 Å². The number of allylic oxidation sites excluding steroid dienone is 1. The number of hydrogen-bond acceptors (Lipinski definition) is 4. The normalized spacial score (nSPS) is 12.8. The molecule has 5 nitrogen and oxygen atoms in total. The Balaban J connectivity index is 2.15. The van der Waals surface area contributed by atoms with Crippen LogP contribution in [0.25, 0.3) is 0 Å². The molecule has 0 spiro atoms. The lowest BCUT2D eigenvalue weighted by Gasteiger charge is -2.19. The van der Waals surface area contributed by atoms with Crippen LogP contribution in [0.5, 0.6) is 0 Å². The predicted molar refractivity (Wildman–Crippen MR) is 101 cm³/mol. The van der Waals surface area contributed by atoms with Crippen LogP contribution < -0.4 is 4.72 Å². The average molecular weight is 394 g/mol. The Kier molecular flexibility index (Phi) is 7.38.